The molecule has 0 saturated heterocycles. The van der Waals surface area contributed by atoms with Gasteiger partial charge in [0.25, 0.3) is 0 Å². The number of aromatic hydroxyl groups is 1. The second-order valence-corrected chi connectivity index (χ2v) is 5.27. The van der Waals surface area contributed by atoms with Gasteiger partial charge < -0.3 is 15.1 Å². The van der Waals surface area contributed by atoms with Crippen LogP contribution in [0.2, 0.25) is 0 Å². The van der Waals surface area contributed by atoms with Crippen molar-refractivity contribution >= 4 is 28.2 Å². The summed E-state index contributed by atoms with van der Waals surface area (Å²) in [7, 11) is 0. The maximum absolute atomic E-state index is 12.6. The van der Waals surface area contributed by atoms with Crippen molar-refractivity contribution in [1.82, 2.24) is 14.6 Å². The Bertz CT molecular complexity index is 1210. The minimum atomic E-state index is -0.649. The van der Waals surface area contributed by atoms with Gasteiger partial charge in [0.15, 0.2) is 0 Å². The Hall–Kier alpha value is -3.61. The number of phenolic OH excluding ortho intramolecular Hbond substituents is 1. The minimum absolute atomic E-state index is 0.0115. The van der Waals surface area contributed by atoms with Crippen LogP contribution >= 0.6 is 0 Å². The maximum Gasteiger partial charge on any atom is 0.350 e. The number of nitrogens with zero attached hydrogens (tertiary/aromatic N) is 2. The molecule has 118 valence electrons. The highest BCUT2D eigenvalue weighted by molar-refractivity contribution is 6.04. The number of phenols is 1. The van der Waals surface area contributed by atoms with Crippen molar-refractivity contribution < 1.29 is 5.11 Å². The zero-order chi connectivity index (χ0) is 16.7. The summed E-state index contributed by atoms with van der Waals surface area (Å²) in [5, 5.41) is 14.4. The van der Waals surface area contributed by atoms with Crippen LogP contribution in [-0.2, 0) is 0 Å². The Kier molecular flexibility index (Phi) is 3.06. The number of aromatic nitrogens is 3. The number of rotatable bonds is 2. The molecular weight excluding hydrogens is 308 g/mol. The summed E-state index contributed by atoms with van der Waals surface area (Å²) in [4.78, 5) is 30.4. The minimum Gasteiger partial charge on any atom is -0.507 e. The van der Waals surface area contributed by atoms with E-state index in [9.17, 15) is 14.7 Å². The number of hydrogen-bond acceptors (Lipinski definition) is 4. The van der Waals surface area contributed by atoms with E-state index >= 15 is 0 Å². The summed E-state index contributed by atoms with van der Waals surface area (Å²) in [5.74, 6) is 0.0115. The van der Waals surface area contributed by atoms with E-state index in [0.29, 0.717) is 11.1 Å². The molecule has 24 heavy (non-hydrogen) atoms. The van der Waals surface area contributed by atoms with Crippen LogP contribution in [0.5, 0.6) is 5.75 Å². The largest absolute Gasteiger partial charge is 0.507 e. The Morgan fingerprint density at radius 1 is 0.958 bits per heavy atom. The van der Waals surface area contributed by atoms with Crippen LogP contribution in [0.15, 0.2) is 63.2 Å². The van der Waals surface area contributed by atoms with Crippen molar-refractivity contribution in [3.8, 4) is 5.75 Å². The summed E-state index contributed by atoms with van der Waals surface area (Å²) in [6.07, 6.45) is 1.26. The number of aromatic amines is 2. The lowest BCUT2D eigenvalue weighted by Gasteiger charge is -1.99. The molecule has 0 aliphatic carbocycles. The molecule has 0 unspecified atom stereocenters. The molecule has 0 saturated carbocycles. The van der Waals surface area contributed by atoms with Crippen molar-refractivity contribution in [3.63, 3.8) is 0 Å². The summed E-state index contributed by atoms with van der Waals surface area (Å²) in [6.45, 7) is 0. The molecule has 2 aromatic carbocycles. The third kappa shape index (κ3) is 2.11. The van der Waals surface area contributed by atoms with E-state index in [1.165, 1.54) is 12.3 Å². The smallest absolute Gasteiger partial charge is 0.350 e. The predicted octanol–water partition coefficient (Wildman–Crippen LogP) is 1.76. The third-order valence-corrected chi connectivity index (χ3v) is 3.79. The average Bonchev–Trinajstić information content (AvgIpc) is 2.95. The van der Waals surface area contributed by atoms with E-state index in [1.54, 1.807) is 18.2 Å². The lowest BCUT2D eigenvalue weighted by molar-refractivity contribution is 0.474. The van der Waals surface area contributed by atoms with Crippen LogP contribution in [0.4, 0.5) is 0 Å². The van der Waals surface area contributed by atoms with Gasteiger partial charge in [0.2, 0.25) is 0 Å². The number of nitrogens with one attached hydrogen (secondary N) is 2. The third-order valence-electron chi connectivity index (χ3n) is 3.79. The van der Waals surface area contributed by atoms with E-state index in [0.717, 1.165) is 15.6 Å². The fourth-order valence-corrected chi connectivity index (χ4v) is 2.61. The molecule has 0 atom stereocenters. The van der Waals surface area contributed by atoms with Crippen molar-refractivity contribution in [2.45, 2.75) is 0 Å². The molecule has 3 N–H and O–H groups in total. The van der Waals surface area contributed by atoms with Gasteiger partial charge in [0.1, 0.15) is 11.3 Å². The van der Waals surface area contributed by atoms with Crippen molar-refractivity contribution in [1.29, 1.82) is 0 Å². The van der Waals surface area contributed by atoms with Crippen LogP contribution in [0.3, 0.4) is 0 Å². The lowest BCUT2D eigenvalue weighted by atomic mass is 10.2. The van der Waals surface area contributed by atoms with Gasteiger partial charge in [-0.2, -0.15) is 5.10 Å². The highest BCUT2D eigenvalue weighted by Gasteiger charge is 2.12. The average molecular weight is 320 g/mol. The second kappa shape index (κ2) is 5.24. The molecule has 0 aliphatic rings. The topological polar surface area (TPSA) is 103 Å². The first-order valence-corrected chi connectivity index (χ1v) is 7.23. The highest BCUT2D eigenvalue weighted by atomic mass is 16.3. The SMILES string of the molecule is O=c1[nH]c2c([nH]c3ccccc32)c(=O)n1N=Cc1ccccc1O. The predicted molar refractivity (Wildman–Crippen MR) is 91.8 cm³/mol. The van der Waals surface area contributed by atoms with Crippen LogP contribution in [0, 0.1) is 0 Å². The normalized spacial score (nSPS) is 11.7. The lowest BCUT2D eigenvalue weighted by Crippen LogP contribution is -2.32. The van der Waals surface area contributed by atoms with Crippen LogP contribution in [0.1, 0.15) is 5.56 Å². The summed E-state index contributed by atoms with van der Waals surface area (Å²) < 4.78 is 0.726. The molecule has 7 heteroatoms. The Balaban J connectivity index is 1.94. The Morgan fingerprint density at radius 2 is 1.71 bits per heavy atom. The molecule has 0 fully saturated rings. The van der Waals surface area contributed by atoms with Gasteiger partial charge in [-0.25, -0.2) is 4.79 Å². The molecule has 0 aliphatic heterocycles. The van der Waals surface area contributed by atoms with Gasteiger partial charge in [0.05, 0.1) is 11.7 Å². The maximum atomic E-state index is 12.6. The Labute approximate surface area is 134 Å². The van der Waals surface area contributed by atoms with Crippen LogP contribution in [-0.4, -0.2) is 26.0 Å². The van der Waals surface area contributed by atoms with E-state index in [-0.39, 0.29) is 11.3 Å². The van der Waals surface area contributed by atoms with Gasteiger partial charge >= 0.3 is 11.2 Å². The molecule has 0 spiro atoms. The zero-order valence-corrected chi connectivity index (χ0v) is 12.4. The number of fused-ring (bicyclic) bond motifs is 3. The van der Waals surface area contributed by atoms with Gasteiger partial charge in [-0.15, -0.1) is 4.68 Å². The van der Waals surface area contributed by atoms with Crippen molar-refractivity contribution in [2.75, 3.05) is 0 Å². The van der Waals surface area contributed by atoms with Gasteiger partial charge in [-0.3, -0.25) is 4.79 Å². The molecule has 2 aromatic heterocycles. The van der Waals surface area contributed by atoms with Crippen LogP contribution in [0.25, 0.3) is 21.9 Å². The summed E-state index contributed by atoms with van der Waals surface area (Å²) in [6, 6.07) is 13.8. The molecule has 0 bridgehead atoms. The van der Waals surface area contributed by atoms with E-state index in [2.05, 4.69) is 15.1 Å². The number of hydrogen-bond donors (Lipinski definition) is 3. The molecular formula is C17H12N4O3. The van der Waals surface area contributed by atoms with Crippen molar-refractivity contribution in [2.24, 2.45) is 5.10 Å². The number of H-pyrrole nitrogens is 2. The molecule has 2 heterocycles. The molecule has 4 rings (SSSR count). The number of para-hydroxylation sites is 2. The monoisotopic (exact) mass is 320 g/mol. The zero-order valence-electron chi connectivity index (χ0n) is 12.4. The van der Waals surface area contributed by atoms with Crippen LogP contribution < -0.4 is 11.2 Å². The van der Waals surface area contributed by atoms with Gasteiger partial charge in [-0.1, -0.05) is 30.3 Å². The van der Waals surface area contributed by atoms with E-state index in [1.807, 2.05) is 24.3 Å². The first-order chi connectivity index (χ1) is 11.6. The number of benzene rings is 2. The fourth-order valence-electron chi connectivity index (χ4n) is 2.61. The second-order valence-electron chi connectivity index (χ2n) is 5.27. The molecule has 4 aromatic rings. The molecule has 7 nitrogen and oxygen atoms in total. The first-order valence-electron chi connectivity index (χ1n) is 7.23. The van der Waals surface area contributed by atoms with Gasteiger partial charge in [-0.05, 0) is 18.2 Å². The molecule has 0 amide bonds. The highest BCUT2D eigenvalue weighted by Crippen LogP contribution is 2.19. The summed E-state index contributed by atoms with van der Waals surface area (Å²) >= 11 is 0. The summed E-state index contributed by atoms with van der Waals surface area (Å²) in [5.41, 5.74) is 0.670. The quantitative estimate of drug-likeness (QED) is 0.490. The Morgan fingerprint density at radius 3 is 2.54 bits per heavy atom. The standard InChI is InChI=1S/C17H12N4O3/c22-13-8-4-1-5-10(13)9-18-21-16(23)15-14(20-17(21)24)11-6-2-3-7-12(11)19-15/h1-9,19,22H,(H,20,24). The van der Waals surface area contributed by atoms with Crippen molar-refractivity contribution in [3.05, 3.63) is 74.9 Å². The molecule has 0 radical (unpaired) electrons. The van der Waals surface area contributed by atoms with E-state index < -0.39 is 11.2 Å². The van der Waals surface area contributed by atoms with E-state index in [4.69, 9.17) is 0 Å². The first kappa shape index (κ1) is 14.0. The fraction of sp³-hybridized carbons (Fsp3) is 0. The van der Waals surface area contributed by atoms with Gasteiger partial charge in [0, 0.05) is 16.5 Å².